The molecule has 2 atom stereocenters. The van der Waals surface area contributed by atoms with Crippen LogP contribution in [0.1, 0.15) is 37.8 Å². The lowest BCUT2D eigenvalue weighted by atomic mass is 9.84. The predicted octanol–water partition coefficient (Wildman–Crippen LogP) is 2.66. The smallest absolute Gasteiger partial charge is 0.161 e. The summed E-state index contributed by atoms with van der Waals surface area (Å²) in [5, 5.41) is 0. The number of ether oxygens (including phenoxy) is 3. The maximum absolute atomic E-state index is 6.40. The Hall–Kier alpha value is -1.26. The normalized spacial score (nSPS) is 24.8. The van der Waals surface area contributed by atoms with Gasteiger partial charge in [-0.25, -0.2) is 0 Å². The minimum absolute atomic E-state index is 0.160. The lowest BCUT2D eigenvalue weighted by Crippen LogP contribution is -2.43. The van der Waals surface area contributed by atoms with E-state index in [2.05, 4.69) is 6.92 Å². The van der Waals surface area contributed by atoms with Gasteiger partial charge >= 0.3 is 0 Å². The van der Waals surface area contributed by atoms with Gasteiger partial charge in [0.1, 0.15) is 0 Å². The Morgan fingerprint density at radius 3 is 2.53 bits per heavy atom. The molecule has 0 spiro atoms. The largest absolute Gasteiger partial charge is 0.493 e. The molecule has 1 aliphatic heterocycles. The molecule has 0 aliphatic carbocycles. The van der Waals surface area contributed by atoms with Crippen LogP contribution in [0.25, 0.3) is 0 Å². The molecule has 106 valence electrons. The summed E-state index contributed by atoms with van der Waals surface area (Å²) in [6.07, 6.45) is 3.27. The topological polar surface area (TPSA) is 53.7 Å². The fourth-order valence-corrected chi connectivity index (χ4v) is 2.60. The van der Waals surface area contributed by atoms with E-state index in [1.54, 1.807) is 14.2 Å². The third-order valence-corrected chi connectivity index (χ3v) is 3.92. The predicted molar refractivity (Wildman–Crippen MR) is 74.7 cm³/mol. The van der Waals surface area contributed by atoms with Gasteiger partial charge in [0.05, 0.1) is 25.9 Å². The van der Waals surface area contributed by atoms with E-state index in [1.807, 2.05) is 18.2 Å². The molecule has 1 fully saturated rings. The second kappa shape index (κ2) is 5.80. The fraction of sp³-hybridized carbons (Fsp3) is 0.600. The zero-order valence-corrected chi connectivity index (χ0v) is 11.9. The monoisotopic (exact) mass is 265 g/mol. The van der Waals surface area contributed by atoms with Crippen LogP contribution in [0.2, 0.25) is 0 Å². The summed E-state index contributed by atoms with van der Waals surface area (Å²) in [7, 11) is 3.26. The Balaban J connectivity index is 2.25. The summed E-state index contributed by atoms with van der Waals surface area (Å²) in [6.45, 7) is 2.88. The molecule has 0 amide bonds. The van der Waals surface area contributed by atoms with Crippen molar-refractivity contribution in [2.24, 2.45) is 5.73 Å². The van der Waals surface area contributed by atoms with Crippen molar-refractivity contribution in [1.29, 1.82) is 0 Å². The quantitative estimate of drug-likeness (QED) is 0.909. The first-order valence-electron chi connectivity index (χ1n) is 6.72. The van der Waals surface area contributed by atoms with E-state index in [9.17, 15) is 0 Å². The van der Waals surface area contributed by atoms with Crippen LogP contribution in [0.4, 0.5) is 0 Å². The molecule has 0 aromatic heterocycles. The van der Waals surface area contributed by atoms with Gasteiger partial charge in [-0.3, -0.25) is 0 Å². The highest BCUT2D eigenvalue weighted by Crippen LogP contribution is 2.37. The third-order valence-electron chi connectivity index (χ3n) is 3.92. The molecule has 1 heterocycles. The molecule has 1 aromatic carbocycles. The average molecular weight is 265 g/mol. The van der Waals surface area contributed by atoms with Crippen molar-refractivity contribution in [3.8, 4) is 11.5 Å². The van der Waals surface area contributed by atoms with Gasteiger partial charge in [0.15, 0.2) is 11.5 Å². The van der Waals surface area contributed by atoms with Crippen molar-refractivity contribution in [2.75, 3.05) is 20.8 Å². The first kappa shape index (κ1) is 14.2. The van der Waals surface area contributed by atoms with Crippen molar-refractivity contribution in [1.82, 2.24) is 0 Å². The van der Waals surface area contributed by atoms with Crippen LogP contribution in [-0.2, 0) is 4.74 Å². The number of hydrogen-bond acceptors (Lipinski definition) is 4. The number of nitrogens with two attached hydrogens (primary N) is 1. The first-order chi connectivity index (χ1) is 9.10. The van der Waals surface area contributed by atoms with E-state index in [4.69, 9.17) is 19.9 Å². The Morgan fingerprint density at radius 1 is 1.21 bits per heavy atom. The van der Waals surface area contributed by atoms with Gasteiger partial charge in [-0.1, -0.05) is 6.07 Å². The van der Waals surface area contributed by atoms with Crippen LogP contribution in [0, 0.1) is 0 Å². The molecular formula is C15H23NO3. The second-order valence-corrected chi connectivity index (χ2v) is 5.21. The standard InChI is InChI=1S/C15H23NO3/c1-15(8-4-5-9-19-15)14(16)11-6-7-12(17-2)13(10-11)18-3/h6-7,10,14H,4-5,8-9,16H2,1-3H3. The zero-order valence-electron chi connectivity index (χ0n) is 11.9. The van der Waals surface area contributed by atoms with E-state index in [0.29, 0.717) is 11.5 Å². The molecule has 2 unspecified atom stereocenters. The van der Waals surface area contributed by atoms with Crippen LogP contribution < -0.4 is 15.2 Å². The molecule has 0 bridgehead atoms. The van der Waals surface area contributed by atoms with Gasteiger partial charge in [0.2, 0.25) is 0 Å². The van der Waals surface area contributed by atoms with Crippen LogP contribution >= 0.6 is 0 Å². The summed E-state index contributed by atoms with van der Waals surface area (Å²) in [4.78, 5) is 0. The molecule has 4 heteroatoms. The molecule has 0 radical (unpaired) electrons. The van der Waals surface area contributed by atoms with Crippen LogP contribution in [0.5, 0.6) is 11.5 Å². The minimum Gasteiger partial charge on any atom is -0.493 e. The number of methoxy groups -OCH3 is 2. The van der Waals surface area contributed by atoms with Gasteiger partial charge in [0.25, 0.3) is 0 Å². The summed E-state index contributed by atoms with van der Waals surface area (Å²) in [5.41, 5.74) is 7.12. The summed E-state index contributed by atoms with van der Waals surface area (Å²) in [5.74, 6) is 1.42. The van der Waals surface area contributed by atoms with Gasteiger partial charge in [0, 0.05) is 6.61 Å². The van der Waals surface area contributed by atoms with E-state index >= 15 is 0 Å². The SMILES string of the molecule is COc1ccc(C(N)C2(C)CCCCO2)cc1OC. The van der Waals surface area contributed by atoms with Crippen molar-refractivity contribution in [2.45, 2.75) is 37.8 Å². The number of benzene rings is 1. The van der Waals surface area contributed by atoms with Crippen molar-refractivity contribution in [3.05, 3.63) is 23.8 Å². The molecule has 19 heavy (non-hydrogen) atoms. The van der Waals surface area contributed by atoms with E-state index in [1.165, 1.54) is 0 Å². The third kappa shape index (κ3) is 2.85. The highest BCUT2D eigenvalue weighted by molar-refractivity contribution is 5.44. The molecule has 0 saturated carbocycles. The lowest BCUT2D eigenvalue weighted by molar-refractivity contribution is -0.0821. The van der Waals surface area contributed by atoms with E-state index < -0.39 is 0 Å². The fourth-order valence-electron chi connectivity index (χ4n) is 2.60. The van der Waals surface area contributed by atoms with Gasteiger partial charge in [-0.2, -0.15) is 0 Å². The lowest BCUT2D eigenvalue weighted by Gasteiger charge is -2.39. The van der Waals surface area contributed by atoms with Crippen LogP contribution in [0.3, 0.4) is 0 Å². The molecule has 1 saturated heterocycles. The van der Waals surface area contributed by atoms with E-state index in [-0.39, 0.29) is 11.6 Å². The highest BCUT2D eigenvalue weighted by atomic mass is 16.5. The van der Waals surface area contributed by atoms with Gasteiger partial charge in [-0.15, -0.1) is 0 Å². The molecule has 2 N–H and O–H groups in total. The molecule has 2 rings (SSSR count). The van der Waals surface area contributed by atoms with Crippen LogP contribution in [-0.4, -0.2) is 26.4 Å². The molecule has 1 aliphatic rings. The first-order valence-corrected chi connectivity index (χ1v) is 6.72. The summed E-state index contributed by atoms with van der Waals surface area (Å²) in [6, 6.07) is 5.65. The highest BCUT2D eigenvalue weighted by Gasteiger charge is 2.35. The van der Waals surface area contributed by atoms with Gasteiger partial charge < -0.3 is 19.9 Å². The zero-order chi connectivity index (χ0) is 13.9. The summed E-state index contributed by atoms with van der Waals surface area (Å²) >= 11 is 0. The number of rotatable bonds is 4. The Kier molecular flexibility index (Phi) is 4.32. The van der Waals surface area contributed by atoms with Crippen molar-refractivity contribution < 1.29 is 14.2 Å². The average Bonchev–Trinajstić information content (AvgIpc) is 2.46. The maximum atomic E-state index is 6.40. The molecular weight excluding hydrogens is 242 g/mol. The van der Waals surface area contributed by atoms with Crippen LogP contribution in [0.15, 0.2) is 18.2 Å². The van der Waals surface area contributed by atoms with Crippen molar-refractivity contribution >= 4 is 0 Å². The maximum Gasteiger partial charge on any atom is 0.161 e. The van der Waals surface area contributed by atoms with Gasteiger partial charge in [-0.05, 0) is 43.9 Å². The van der Waals surface area contributed by atoms with E-state index in [0.717, 1.165) is 31.4 Å². The molecule has 4 nitrogen and oxygen atoms in total. The van der Waals surface area contributed by atoms with Crippen molar-refractivity contribution in [3.63, 3.8) is 0 Å². The summed E-state index contributed by atoms with van der Waals surface area (Å²) < 4.78 is 16.5. The Bertz CT molecular complexity index is 427. The number of hydrogen-bond donors (Lipinski definition) is 1. The molecule has 1 aromatic rings. The Morgan fingerprint density at radius 2 is 1.95 bits per heavy atom. The second-order valence-electron chi connectivity index (χ2n) is 5.21. The minimum atomic E-state index is -0.294. The Labute approximate surface area is 114 Å².